The molecular formula is C28H32O16. The SMILES string of the molecule is COc1c(O)cc2oc(-c3ccc(O)cc3)c(O[C@@H]3O[C@@H](CO[C@@H]4O[C@@H](C)[C@H](O)[C@H](O)[C@H]4O)[C@H](O)[C@H](O)[C@@H]3O)c(=O)c2c1O. The average Bonchev–Trinajstić information content (AvgIpc) is 2.99. The summed E-state index contributed by atoms with van der Waals surface area (Å²) >= 11 is 0. The number of phenolic OH excluding ortho intramolecular Hbond substituents is 3. The molecule has 0 bridgehead atoms. The number of hydrogen-bond donors (Lipinski definition) is 9. The Bertz CT molecular complexity index is 1540. The number of fused-ring (bicyclic) bond motifs is 1. The van der Waals surface area contributed by atoms with Gasteiger partial charge in [0.25, 0.3) is 0 Å². The van der Waals surface area contributed by atoms with Crippen molar-refractivity contribution in [3.63, 3.8) is 0 Å². The number of aliphatic hydroxyl groups is 6. The van der Waals surface area contributed by atoms with Gasteiger partial charge in [-0.1, -0.05) is 0 Å². The predicted octanol–water partition coefficient (Wildman–Crippen LogP) is -1.38. The van der Waals surface area contributed by atoms with Crippen molar-refractivity contribution in [3.8, 4) is 40.1 Å². The average molecular weight is 625 g/mol. The van der Waals surface area contributed by atoms with Gasteiger partial charge in [0.15, 0.2) is 23.5 Å². The third-order valence-electron chi connectivity index (χ3n) is 7.52. The zero-order valence-corrected chi connectivity index (χ0v) is 23.3. The van der Waals surface area contributed by atoms with Gasteiger partial charge in [0, 0.05) is 11.6 Å². The summed E-state index contributed by atoms with van der Waals surface area (Å²) in [5.74, 6) is -2.78. The molecule has 2 fully saturated rings. The van der Waals surface area contributed by atoms with Gasteiger partial charge in [0.05, 0.1) is 19.8 Å². The topological polar surface area (TPSA) is 258 Å². The minimum Gasteiger partial charge on any atom is -0.508 e. The van der Waals surface area contributed by atoms with Crippen molar-refractivity contribution in [2.45, 2.75) is 68.3 Å². The minimum absolute atomic E-state index is 0.117. The lowest BCUT2D eigenvalue weighted by Crippen LogP contribution is -2.61. The van der Waals surface area contributed by atoms with Gasteiger partial charge in [0.2, 0.25) is 23.2 Å². The van der Waals surface area contributed by atoms with Crippen LogP contribution >= 0.6 is 0 Å². The van der Waals surface area contributed by atoms with Crippen LogP contribution in [-0.4, -0.2) is 121 Å². The minimum atomic E-state index is -1.94. The maximum Gasteiger partial charge on any atom is 0.239 e. The lowest BCUT2D eigenvalue weighted by Gasteiger charge is -2.42. The molecule has 0 amide bonds. The van der Waals surface area contributed by atoms with Gasteiger partial charge in [-0.05, 0) is 31.2 Å². The van der Waals surface area contributed by atoms with Crippen molar-refractivity contribution < 1.29 is 74.1 Å². The van der Waals surface area contributed by atoms with Crippen LogP contribution in [0.15, 0.2) is 39.5 Å². The largest absolute Gasteiger partial charge is 0.508 e. The van der Waals surface area contributed by atoms with Crippen molar-refractivity contribution in [2.24, 2.45) is 0 Å². The fraction of sp³-hybridized carbons (Fsp3) is 0.464. The van der Waals surface area contributed by atoms with E-state index in [4.69, 9.17) is 28.1 Å². The highest BCUT2D eigenvalue weighted by Crippen LogP contribution is 2.43. The number of benzene rings is 2. The second kappa shape index (κ2) is 12.4. The first-order valence-electron chi connectivity index (χ1n) is 13.4. The molecule has 0 saturated carbocycles. The van der Waals surface area contributed by atoms with E-state index in [0.717, 1.165) is 13.2 Å². The molecule has 2 saturated heterocycles. The summed E-state index contributed by atoms with van der Waals surface area (Å²) in [5, 5.41) is 92.3. The van der Waals surface area contributed by atoms with Crippen LogP contribution in [0.25, 0.3) is 22.3 Å². The first kappa shape index (κ1) is 31.7. The summed E-state index contributed by atoms with van der Waals surface area (Å²) in [6.07, 6.45) is -16.0. The lowest BCUT2D eigenvalue weighted by molar-refractivity contribution is -0.318. The molecule has 2 aromatic carbocycles. The van der Waals surface area contributed by atoms with Crippen molar-refractivity contribution in [1.82, 2.24) is 0 Å². The molecule has 2 aliphatic heterocycles. The molecule has 16 heteroatoms. The monoisotopic (exact) mass is 624 g/mol. The van der Waals surface area contributed by atoms with Crippen LogP contribution in [0, 0.1) is 0 Å². The molecule has 0 radical (unpaired) electrons. The zero-order valence-electron chi connectivity index (χ0n) is 23.3. The van der Waals surface area contributed by atoms with Gasteiger partial charge in [-0.25, -0.2) is 0 Å². The summed E-state index contributed by atoms with van der Waals surface area (Å²) in [4.78, 5) is 13.8. The number of ether oxygens (including phenoxy) is 5. The highest BCUT2D eigenvalue weighted by Gasteiger charge is 2.48. The highest BCUT2D eigenvalue weighted by atomic mass is 16.7. The Morgan fingerprint density at radius 2 is 1.43 bits per heavy atom. The Morgan fingerprint density at radius 3 is 2.09 bits per heavy atom. The molecule has 16 nitrogen and oxygen atoms in total. The Labute approximate surface area is 248 Å². The van der Waals surface area contributed by atoms with Gasteiger partial charge in [-0.3, -0.25) is 4.79 Å². The van der Waals surface area contributed by atoms with Crippen LogP contribution in [0.2, 0.25) is 0 Å². The molecule has 5 rings (SSSR count). The summed E-state index contributed by atoms with van der Waals surface area (Å²) in [6.45, 7) is 0.845. The molecule has 0 spiro atoms. The molecule has 3 heterocycles. The normalized spacial score (nSPS) is 32.5. The van der Waals surface area contributed by atoms with E-state index >= 15 is 0 Å². The highest BCUT2D eigenvalue weighted by molar-refractivity contribution is 5.91. The maximum atomic E-state index is 13.8. The van der Waals surface area contributed by atoms with E-state index < -0.39 is 102 Å². The van der Waals surface area contributed by atoms with E-state index in [2.05, 4.69) is 0 Å². The van der Waals surface area contributed by atoms with Gasteiger partial charge < -0.3 is 74.1 Å². The second-order valence-electron chi connectivity index (χ2n) is 10.4. The molecule has 0 aliphatic carbocycles. The number of phenols is 3. The van der Waals surface area contributed by atoms with Crippen molar-refractivity contribution >= 4 is 11.0 Å². The molecule has 9 N–H and O–H groups in total. The standard InChI is InChI=1S/C28H32O16/c1-9-16(31)20(35)22(37)27(41-9)40-8-14-17(32)21(36)23(38)28(43-14)44-26-19(34)15-13(7-12(30)25(39-2)18(15)33)42-24(26)10-3-5-11(29)6-4-10/h3-7,9,14,16-17,20-23,27-33,35-38H,8H2,1-2H3/t9-,14-,16-,17-,20-,21-,22+,23-,27+,28-/m0/s1. The Balaban J connectivity index is 1.49. The van der Waals surface area contributed by atoms with E-state index in [0.29, 0.717) is 0 Å². The molecular weight excluding hydrogens is 592 g/mol. The van der Waals surface area contributed by atoms with Crippen LogP contribution in [0.5, 0.6) is 28.7 Å². The first-order valence-corrected chi connectivity index (χ1v) is 13.4. The third-order valence-corrected chi connectivity index (χ3v) is 7.52. The summed E-state index contributed by atoms with van der Waals surface area (Å²) in [5.41, 5.74) is -1.11. The van der Waals surface area contributed by atoms with Gasteiger partial charge in [-0.15, -0.1) is 0 Å². The summed E-state index contributed by atoms with van der Waals surface area (Å²) in [7, 11) is 1.15. The van der Waals surface area contributed by atoms with Gasteiger partial charge >= 0.3 is 0 Å². The summed E-state index contributed by atoms with van der Waals surface area (Å²) < 4.78 is 33.0. The van der Waals surface area contributed by atoms with Crippen LogP contribution in [-0.2, 0) is 14.2 Å². The van der Waals surface area contributed by atoms with Gasteiger partial charge in [-0.2, -0.15) is 0 Å². The molecule has 240 valence electrons. The zero-order chi connectivity index (χ0) is 32.0. The molecule has 1 aromatic heterocycles. The Kier molecular flexibility index (Phi) is 8.90. The molecule has 0 unspecified atom stereocenters. The van der Waals surface area contributed by atoms with Crippen molar-refractivity contribution in [2.75, 3.05) is 13.7 Å². The quantitative estimate of drug-likeness (QED) is 0.147. The number of hydrogen-bond acceptors (Lipinski definition) is 16. The van der Waals surface area contributed by atoms with Crippen molar-refractivity contribution in [3.05, 3.63) is 40.6 Å². The van der Waals surface area contributed by atoms with Crippen LogP contribution in [0.1, 0.15) is 6.92 Å². The third kappa shape index (κ3) is 5.63. The fourth-order valence-corrected chi connectivity index (χ4v) is 5.01. The van der Waals surface area contributed by atoms with Gasteiger partial charge in [0.1, 0.15) is 59.4 Å². The molecule has 3 aromatic rings. The second-order valence-corrected chi connectivity index (χ2v) is 10.4. The lowest BCUT2D eigenvalue weighted by atomic mass is 9.98. The Hall–Kier alpha value is -3.71. The van der Waals surface area contributed by atoms with Crippen LogP contribution in [0.3, 0.4) is 0 Å². The number of aromatic hydroxyl groups is 3. The van der Waals surface area contributed by atoms with E-state index in [1.54, 1.807) is 0 Å². The van der Waals surface area contributed by atoms with E-state index in [1.807, 2.05) is 0 Å². The number of aliphatic hydroxyl groups excluding tert-OH is 6. The fourth-order valence-electron chi connectivity index (χ4n) is 5.01. The summed E-state index contributed by atoms with van der Waals surface area (Å²) in [6, 6.07) is 6.32. The van der Waals surface area contributed by atoms with Crippen LogP contribution < -0.4 is 14.9 Å². The first-order chi connectivity index (χ1) is 20.8. The predicted molar refractivity (Wildman–Crippen MR) is 145 cm³/mol. The molecule has 2 aliphatic rings. The van der Waals surface area contributed by atoms with E-state index in [9.17, 15) is 50.8 Å². The molecule has 44 heavy (non-hydrogen) atoms. The van der Waals surface area contributed by atoms with Crippen LogP contribution in [0.4, 0.5) is 0 Å². The van der Waals surface area contributed by atoms with Crippen molar-refractivity contribution in [1.29, 1.82) is 0 Å². The van der Waals surface area contributed by atoms with E-state index in [-0.39, 0.29) is 22.7 Å². The molecule has 10 atom stereocenters. The number of rotatable bonds is 7. The smallest absolute Gasteiger partial charge is 0.239 e. The van der Waals surface area contributed by atoms with E-state index in [1.165, 1.54) is 31.2 Å². The number of methoxy groups -OCH3 is 1. The Morgan fingerprint density at radius 1 is 0.795 bits per heavy atom. The maximum absolute atomic E-state index is 13.8.